The second kappa shape index (κ2) is 5.89. The van der Waals surface area contributed by atoms with Gasteiger partial charge in [-0.3, -0.25) is 0 Å². The van der Waals surface area contributed by atoms with Gasteiger partial charge in [-0.2, -0.15) is 0 Å². The molecule has 0 fully saturated rings. The highest BCUT2D eigenvalue weighted by atomic mass is 16.5. The van der Waals surface area contributed by atoms with Gasteiger partial charge in [0.2, 0.25) is 0 Å². The van der Waals surface area contributed by atoms with E-state index in [0.717, 1.165) is 25.2 Å². The van der Waals surface area contributed by atoms with Crippen molar-refractivity contribution in [1.82, 2.24) is 0 Å². The maximum absolute atomic E-state index is 9.83. The average molecular weight is 236 g/mol. The first kappa shape index (κ1) is 12.2. The fourth-order valence-electron chi connectivity index (χ4n) is 2.20. The van der Waals surface area contributed by atoms with E-state index in [2.05, 4.69) is 22.3 Å². The van der Waals surface area contributed by atoms with Crippen molar-refractivity contribution < 1.29 is 9.84 Å². The maximum Gasteiger partial charge on any atom is 0.0947 e. The van der Waals surface area contributed by atoms with Gasteiger partial charge in [-0.1, -0.05) is 12.1 Å². The lowest BCUT2D eigenvalue weighted by Crippen LogP contribution is -2.35. The van der Waals surface area contributed by atoms with Crippen molar-refractivity contribution in [1.29, 1.82) is 0 Å². The number of anilines is 2. The standard InChI is InChI=1S/C13H20N2O2/c1-17-10-11(16)9-15-8-4-7-14-12-5-2-3-6-13(12)15/h2-3,5-6,11,14,16H,4,7-10H2,1H3. The molecule has 0 radical (unpaired) electrons. The lowest BCUT2D eigenvalue weighted by molar-refractivity contribution is 0.0688. The van der Waals surface area contributed by atoms with Gasteiger partial charge in [0.15, 0.2) is 0 Å². The Kier molecular flexibility index (Phi) is 4.23. The lowest BCUT2D eigenvalue weighted by atomic mass is 10.2. The third-order valence-electron chi connectivity index (χ3n) is 2.96. The van der Waals surface area contributed by atoms with Crippen molar-refractivity contribution in [2.45, 2.75) is 12.5 Å². The van der Waals surface area contributed by atoms with Crippen molar-refractivity contribution in [3.8, 4) is 0 Å². The van der Waals surface area contributed by atoms with Crippen LogP contribution in [0.5, 0.6) is 0 Å². The molecule has 1 unspecified atom stereocenters. The summed E-state index contributed by atoms with van der Waals surface area (Å²) in [6.07, 6.45) is 0.639. The minimum Gasteiger partial charge on any atom is -0.389 e. The van der Waals surface area contributed by atoms with E-state index >= 15 is 0 Å². The van der Waals surface area contributed by atoms with E-state index in [1.54, 1.807) is 7.11 Å². The Morgan fingerprint density at radius 3 is 3.12 bits per heavy atom. The summed E-state index contributed by atoms with van der Waals surface area (Å²) in [5.74, 6) is 0. The maximum atomic E-state index is 9.83. The van der Waals surface area contributed by atoms with E-state index in [1.165, 1.54) is 5.69 Å². The highest BCUT2D eigenvalue weighted by molar-refractivity contribution is 5.70. The van der Waals surface area contributed by atoms with Gasteiger partial charge in [-0.25, -0.2) is 0 Å². The Balaban J connectivity index is 2.11. The largest absolute Gasteiger partial charge is 0.389 e. The van der Waals surface area contributed by atoms with Crippen molar-refractivity contribution >= 4 is 11.4 Å². The second-order valence-electron chi connectivity index (χ2n) is 4.35. The van der Waals surface area contributed by atoms with Crippen LogP contribution in [-0.2, 0) is 4.74 Å². The molecule has 0 amide bonds. The van der Waals surface area contributed by atoms with Crippen LogP contribution in [0.4, 0.5) is 11.4 Å². The monoisotopic (exact) mass is 236 g/mol. The number of hydrogen-bond donors (Lipinski definition) is 2. The zero-order valence-electron chi connectivity index (χ0n) is 10.2. The molecule has 0 bridgehead atoms. The summed E-state index contributed by atoms with van der Waals surface area (Å²) < 4.78 is 4.97. The highest BCUT2D eigenvalue weighted by Crippen LogP contribution is 2.27. The van der Waals surface area contributed by atoms with Crippen LogP contribution in [-0.4, -0.2) is 44.6 Å². The Morgan fingerprint density at radius 2 is 2.29 bits per heavy atom. The number of nitrogens with zero attached hydrogens (tertiary/aromatic N) is 1. The Hall–Kier alpha value is -1.26. The molecule has 0 aliphatic carbocycles. The predicted octanol–water partition coefficient (Wildman–Crippen LogP) is 1.32. The number of β-amino-alcohol motifs (C(OH)–C–C–N with tert-alkyl or cyclic N) is 1. The van der Waals surface area contributed by atoms with E-state index in [1.807, 2.05) is 12.1 Å². The molecule has 0 saturated heterocycles. The van der Waals surface area contributed by atoms with Crippen LogP contribution < -0.4 is 10.2 Å². The van der Waals surface area contributed by atoms with Crippen LogP contribution >= 0.6 is 0 Å². The van der Waals surface area contributed by atoms with Gasteiger partial charge in [0.1, 0.15) is 0 Å². The zero-order chi connectivity index (χ0) is 12.1. The Bertz CT molecular complexity index is 357. The molecule has 1 aromatic rings. The van der Waals surface area contributed by atoms with Gasteiger partial charge < -0.3 is 20.1 Å². The minimum absolute atomic E-state index is 0.381. The van der Waals surface area contributed by atoms with Crippen LogP contribution in [0.2, 0.25) is 0 Å². The topological polar surface area (TPSA) is 44.7 Å². The summed E-state index contributed by atoms with van der Waals surface area (Å²) in [5.41, 5.74) is 2.31. The fourth-order valence-corrected chi connectivity index (χ4v) is 2.20. The third kappa shape index (κ3) is 3.11. The van der Waals surface area contributed by atoms with E-state index in [-0.39, 0.29) is 0 Å². The number of nitrogens with one attached hydrogen (secondary N) is 1. The molecular weight excluding hydrogens is 216 g/mol. The molecule has 1 atom stereocenters. The SMILES string of the molecule is COCC(O)CN1CCCNc2ccccc21. The molecule has 2 rings (SSSR count). The molecule has 1 heterocycles. The summed E-state index contributed by atoms with van der Waals surface area (Å²) in [4.78, 5) is 2.22. The van der Waals surface area contributed by atoms with E-state index in [0.29, 0.717) is 13.2 Å². The summed E-state index contributed by atoms with van der Waals surface area (Å²) in [6, 6.07) is 8.23. The number of rotatable bonds is 4. The quantitative estimate of drug-likeness (QED) is 0.827. The second-order valence-corrected chi connectivity index (χ2v) is 4.35. The number of aliphatic hydroxyl groups excluding tert-OH is 1. The van der Waals surface area contributed by atoms with Crippen molar-refractivity contribution in [3.05, 3.63) is 24.3 Å². The molecular formula is C13H20N2O2. The van der Waals surface area contributed by atoms with Gasteiger partial charge in [0, 0.05) is 26.7 Å². The zero-order valence-corrected chi connectivity index (χ0v) is 10.2. The predicted molar refractivity (Wildman–Crippen MR) is 69.6 cm³/mol. The molecule has 2 N–H and O–H groups in total. The molecule has 1 aromatic carbocycles. The first-order valence-electron chi connectivity index (χ1n) is 6.06. The number of methoxy groups -OCH3 is 1. The first-order chi connectivity index (χ1) is 8.31. The molecule has 0 saturated carbocycles. The van der Waals surface area contributed by atoms with Crippen LogP contribution in [0.3, 0.4) is 0 Å². The van der Waals surface area contributed by atoms with E-state index < -0.39 is 6.10 Å². The molecule has 4 heteroatoms. The number of ether oxygens (including phenoxy) is 1. The van der Waals surface area contributed by atoms with E-state index in [4.69, 9.17) is 4.74 Å². The van der Waals surface area contributed by atoms with Crippen LogP contribution in [0.1, 0.15) is 6.42 Å². The summed E-state index contributed by atoms with van der Waals surface area (Å²) in [7, 11) is 1.61. The van der Waals surface area contributed by atoms with Crippen LogP contribution in [0, 0.1) is 0 Å². The molecule has 4 nitrogen and oxygen atoms in total. The molecule has 0 aromatic heterocycles. The van der Waals surface area contributed by atoms with E-state index in [9.17, 15) is 5.11 Å². The average Bonchev–Trinajstić information content (AvgIpc) is 2.53. The number of aliphatic hydroxyl groups is 1. The lowest BCUT2D eigenvalue weighted by Gasteiger charge is -2.26. The van der Waals surface area contributed by atoms with Gasteiger partial charge >= 0.3 is 0 Å². The molecule has 1 aliphatic rings. The summed E-state index contributed by atoms with van der Waals surface area (Å²) in [6.45, 7) is 2.94. The normalized spacial score (nSPS) is 16.9. The molecule has 17 heavy (non-hydrogen) atoms. The van der Waals surface area contributed by atoms with Crippen LogP contribution in [0.15, 0.2) is 24.3 Å². The Morgan fingerprint density at radius 1 is 1.47 bits per heavy atom. The van der Waals surface area contributed by atoms with Crippen molar-refractivity contribution in [2.75, 3.05) is 43.6 Å². The minimum atomic E-state index is -0.439. The van der Waals surface area contributed by atoms with Gasteiger partial charge in [-0.05, 0) is 18.6 Å². The number of benzene rings is 1. The van der Waals surface area contributed by atoms with Crippen molar-refractivity contribution in [2.24, 2.45) is 0 Å². The molecule has 94 valence electrons. The number of fused-ring (bicyclic) bond motifs is 1. The van der Waals surface area contributed by atoms with Crippen molar-refractivity contribution in [3.63, 3.8) is 0 Å². The number of hydrogen-bond acceptors (Lipinski definition) is 4. The van der Waals surface area contributed by atoms with Gasteiger partial charge in [-0.15, -0.1) is 0 Å². The summed E-state index contributed by atoms with van der Waals surface area (Å²) >= 11 is 0. The fraction of sp³-hybridized carbons (Fsp3) is 0.538. The summed E-state index contributed by atoms with van der Waals surface area (Å²) in [5, 5.41) is 13.2. The molecule has 0 spiro atoms. The first-order valence-corrected chi connectivity index (χ1v) is 6.06. The highest BCUT2D eigenvalue weighted by Gasteiger charge is 2.17. The smallest absolute Gasteiger partial charge is 0.0947 e. The number of para-hydroxylation sites is 2. The third-order valence-corrected chi connectivity index (χ3v) is 2.96. The van der Waals surface area contributed by atoms with Gasteiger partial charge in [0.05, 0.1) is 24.1 Å². The Labute approximate surface area is 102 Å². The molecule has 1 aliphatic heterocycles. The van der Waals surface area contributed by atoms with Gasteiger partial charge in [0.25, 0.3) is 0 Å². The van der Waals surface area contributed by atoms with Crippen LogP contribution in [0.25, 0.3) is 0 Å².